The summed E-state index contributed by atoms with van der Waals surface area (Å²) in [5.41, 5.74) is 10.2. The van der Waals surface area contributed by atoms with Crippen LogP contribution < -0.4 is 0 Å². The highest BCUT2D eigenvalue weighted by Crippen LogP contribution is 2.50. The molecule has 8 aromatic carbocycles. The fourth-order valence-corrected chi connectivity index (χ4v) is 7.85. The van der Waals surface area contributed by atoms with Crippen LogP contribution in [0.25, 0.3) is 93.7 Å². The molecule has 1 aromatic heterocycles. The number of allylic oxidation sites excluding steroid dienone is 1. The van der Waals surface area contributed by atoms with E-state index in [-0.39, 0.29) is 5.75 Å². The van der Waals surface area contributed by atoms with E-state index in [0.717, 1.165) is 60.2 Å². The summed E-state index contributed by atoms with van der Waals surface area (Å²) >= 11 is 0. The van der Waals surface area contributed by atoms with Crippen molar-refractivity contribution in [1.29, 1.82) is 0 Å². The second-order valence-corrected chi connectivity index (χ2v) is 12.7. The summed E-state index contributed by atoms with van der Waals surface area (Å²) in [5.74, 6) is 6.92. The summed E-state index contributed by atoms with van der Waals surface area (Å²) in [6.07, 6.45) is 4.90. The van der Waals surface area contributed by atoms with Crippen LogP contribution in [0, 0.1) is 11.8 Å². The van der Waals surface area contributed by atoms with Crippen LogP contribution in [0.5, 0.6) is 5.75 Å². The maximum Gasteiger partial charge on any atom is 0.139 e. The van der Waals surface area contributed by atoms with Gasteiger partial charge in [-0.3, -0.25) is 0 Å². The Hall–Kier alpha value is -6.56. The number of phenols is 1. The Morgan fingerprint density at radius 3 is 1.90 bits per heavy atom. The molecule has 0 aliphatic heterocycles. The largest absolute Gasteiger partial charge is 0.506 e. The van der Waals surface area contributed by atoms with Crippen LogP contribution >= 0.6 is 0 Å². The summed E-state index contributed by atoms with van der Waals surface area (Å²) in [7, 11) is 0. The predicted octanol–water partition coefficient (Wildman–Crippen LogP) is 12.5. The van der Waals surface area contributed by atoms with Crippen molar-refractivity contribution in [1.82, 2.24) is 0 Å². The van der Waals surface area contributed by atoms with Crippen molar-refractivity contribution in [2.75, 3.05) is 0 Å². The molecule has 0 saturated carbocycles. The zero-order valence-electron chi connectivity index (χ0n) is 26.5. The van der Waals surface area contributed by atoms with Gasteiger partial charge in [0.15, 0.2) is 0 Å². The smallest absolute Gasteiger partial charge is 0.139 e. The topological polar surface area (TPSA) is 33.4 Å². The zero-order chi connectivity index (χ0) is 32.5. The van der Waals surface area contributed by atoms with Crippen molar-refractivity contribution in [2.45, 2.75) is 6.42 Å². The molecule has 0 unspecified atom stereocenters. The first-order valence-electron chi connectivity index (χ1n) is 16.6. The molecule has 0 spiro atoms. The lowest BCUT2D eigenvalue weighted by Crippen LogP contribution is -1.95. The first kappa shape index (κ1) is 27.5. The van der Waals surface area contributed by atoms with Gasteiger partial charge in [-0.15, -0.1) is 0 Å². The number of furan rings is 1. The Morgan fingerprint density at radius 2 is 1.14 bits per heavy atom. The molecular formula is C47H28O2. The first-order chi connectivity index (χ1) is 24.2. The van der Waals surface area contributed by atoms with E-state index >= 15 is 0 Å². The SMILES string of the molecule is Oc1c2c3c(cc(-c4c5ccccc5c(-c5cccc(-c6ccccc6)c5)c5ccccc45)c2cc2oc4ccccc4c12)C=CCC#C3. The van der Waals surface area contributed by atoms with Crippen molar-refractivity contribution < 1.29 is 9.52 Å². The lowest BCUT2D eigenvalue weighted by molar-refractivity contribution is 0.487. The van der Waals surface area contributed by atoms with E-state index in [1.807, 2.05) is 24.3 Å². The van der Waals surface area contributed by atoms with E-state index in [9.17, 15) is 5.11 Å². The highest BCUT2D eigenvalue weighted by atomic mass is 16.3. The van der Waals surface area contributed by atoms with Crippen LogP contribution in [0.15, 0.2) is 150 Å². The van der Waals surface area contributed by atoms with Crippen LogP contribution in [-0.4, -0.2) is 5.11 Å². The molecule has 9 aromatic rings. The van der Waals surface area contributed by atoms with Crippen molar-refractivity contribution in [3.8, 4) is 51.0 Å². The van der Waals surface area contributed by atoms with E-state index in [1.165, 1.54) is 33.0 Å². The molecule has 228 valence electrons. The van der Waals surface area contributed by atoms with E-state index in [0.29, 0.717) is 12.0 Å². The number of para-hydroxylation sites is 1. The molecule has 2 nitrogen and oxygen atoms in total. The number of benzene rings is 8. The van der Waals surface area contributed by atoms with Gasteiger partial charge in [0.1, 0.15) is 16.9 Å². The predicted molar refractivity (Wildman–Crippen MR) is 205 cm³/mol. The molecule has 1 heterocycles. The van der Waals surface area contributed by atoms with E-state index in [2.05, 4.69) is 139 Å². The minimum Gasteiger partial charge on any atom is -0.506 e. The Kier molecular flexibility index (Phi) is 6.04. The Labute approximate surface area is 283 Å². The highest BCUT2D eigenvalue weighted by Gasteiger charge is 2.24. The molecule has 0 atom stereocenters. The van der Waals surface area contributed by atoms with Crippen LogP contribution in [-0.2, 0) is 0 Å². The van der Waals surface area contributed by atoms with E-state index < -0.39 is 0 Å². The molecule has 1 aliphatic rings. The Morgan fingerprint density at radius 1 is 0.510 bits per heavy atom. The molecule has 2 heteroatoms. The minimum absolute atomic E-state index is 0.211. The van der Waals surface area contributed by atoms with Gasteiger partial charge in [-0.05, 0) is 90.1 Å². The molecule has 10 rings (SSSR count). The fourth-order valence-electron chi connectivity index (χ4n) is 7.85. The maximum absolute atomic E-state index is 12.2. The number of fused-ring (bicyclic) bond motifs is 8. The average Bonchev–Trinajstić information content (AvgIpc) is 3.37. The van der Waals surface area contributed by atoms with Gasteiger partial charge in [0.05, 0.1) is 5.39 Å². The van der Waals surface area contributed by atoms with Gasteiger partial charge in [-0.2, -0.15) is 0 Å². The quantitative estimate of drug-likeness (QED) is 0.157. The van der Waals surface area contributed by atoms with Crippen molar-refractivity contribution in [3.63, 3.8) is 0 Å². The van der Waals surface area contributed by atoms with Crippen molar-refractivity contribution in [3.05, 3.63) is 157 Å². The fraction of sp³-hybridized carbons (Fsp3) is 0.0213. The molecule has 0 amide bonds. The number of rotatable bonds is 3. The van der Waals surface area contributed by atoms with Crippen molar-refractivity contribution in [2.24, 2.45) is 0 Å². The van der Waals surface area contributed by atoms with Gasteiger partial charge in [0, 0.05) is 22.8 Å². The standard InChI is InChI=1S/C47H28O2/c48-47-45-33-19-6-2-5-16-31(33)27-39(40(45)28-42-46(47)38-24-11-12-25-41(38)49-42)44-36-22-9-7-20-34(36)43(35-21-8-10-23-37(35)44)32-18-13-17-30(26-32)29-14-3-1-4-15-29/h1,3-5,7-18,20-28,48H,2H2. The zero-order valence-corrected chi connectivity index (χ0v) is 26.5. The third-order valence-electron chi connectivity index (χ3n) is 9.96. The molecule has 0 radical (unpaired) electrons. The van der Waals surface area contributed by atoms with Gasteiger partial charge in [0.2, 0.25) is 0 Å². The second-order valence-electron chi connectivity index (χ2n) is 12.7. The maximum atomic E-state index is 12.2. The number of aromatic hydroxyl groups is 1. The molecule has 0 bridgehead atoms. The van der Waals surface area contributed by atoms with Gasteiger partial charge >= 0.3 is 0 Å². The summed E-state index contributed by atoms with van der Waals surface area (Å²) in [6, 6.07) is 49.1. The number of phenolic OH excluding ortho intramolecular Hbond substituents is 1. The van der Waals surface area contributed by atoms with Crippen LogP contribution in [0.4, 0.5) is 0 Å². The number of hydrogen-bond donors (Lipinski definition) is 1. The summed E-state index contributed by atoms with van der Waals surface area (Å²) in [6.45, 7) is 0. The lowest BCUT2D eigenvalue weighted by atomic mass is 9.82. The summed E-state index contributed by atoms with van der Waals surface area (Å²) in [4.78, 5) is 0. The molecule has 0 fully saturated rings. The third kappa shape index (κ3) is 4.16. The molecular weight excluding hydrogens is 597 g/mol. The van der Waals surface area contributed by atoms with E-state index in [1.54, 1.807) is 0 Å². The van der Waals surface area contributed by atoms with Gasteiger partial charge < -0.3 is 9.52 Å². The minimum atomic E-state index is 0.211. The molecule has 0 saturated heterocycles. The van der Waals surface area contributed by atoms with Crippen LogP contribution in [0.3, 0.4) is 0 Å². The van der Waals surface area contributed by atoms with Crippen molar-refractivity contribution >= 4 is 60.3 Å². The molecule has 49 heavy (non-hydrogen) atoms. The molecule has 1 N–H and O–H groups in total. The summed E-state index contributed by atoms with van der Waals surface area (Å²) in [5, 5.41) is 20.1. The van der Waals surface area contributed by atoms with Gasteiger partial charge in [-0.25, -0.2) is 0 Å². The first-order valence-corrected chi connectivity index (χ1v) is 16.6. The average molecular weight is 625 g/mol. The van der Waals surface area contributed by atoms with Crippen LogP contribution in [0.1, 0.15) is 17.5 Å². The monoisotopic (exact) mass is 624 g/mol. The highest BCUT2D eigenvalue weighted by molar-refractivity contribution is 6.26. The van der Waals surface area contributed by atoms with Crippen LogP contribution in [0.2, 0.25) is 0 Å². The van der Waals surface area contributed by atoms with E-state index in [4.69, 9.17) is 4.42 Å². The lowest BCUT2D eigenvalue weighted by Gasteiger charge is -2.20. The Bertz CT molecular complexity index is 2860. The third-order valence-corrected chi connectivity index (χ3v) is 9.96. The number of hydrogen-bond acceptors (Lipinski definition) is 2. The summed E-state index contributed by atoms with van der Waals surface area (Å²) < 4.78 is 6.39. The Balaban J connectivity index is 1.35. The van der Waals surface area contributed by atoms with Gasteiger partial charge in [-0.1, -0.05) is 139 Å². The molecule has 1 aliphatic carbocycles. The normalized spacial score (nSPS) is 12.4. The van der Waals surface area contributed by atoms with Gasteiger partial charge in [0.25, 0.3) is 0 Å². The second kappa shape index (κ2) is 10.7.